The lowest BCUT2D eigenvalue weighted by Crippen LogP contribution is -2.44. The molecule has 0 aliphatic carbocycles. The van der Waals surface area contributed by atoms with Gasteiger partial charge in [0, 0.05) is 43.7 Å². The average molecular weight is 309 g/mol. The van der Waals surface area contributed by atoms with Gasteiger partial charge >= 0.3 is 0 Å². The van der Waals surface area contributed by atoms with E-state index in [0.717, 1.165) is 36.2 Å². The number of likely N-dealkylation sites (tertiary alicyclic amines) is 1. The number of hydrogen-bond donors (Lipinski definition) is 2. The Morgan fingerprint density at radius 3 is 3.05 bits per heavy atom. The molecule has 0 spiro atoms. The summed E-state index contributed by atoms with van der Waals surface area (Å²) in [4.78, 5) is 22.2. The summed E-state index contributed by atoms with van der Waals surface area (Å²) < 4.78 is 0. The Morgan fingerprint density at radius 1 is 1.62 bits per heavy atom. The van der Waals surface area contributed by atoms with E-state index in [-0.39, 0.29) is 11.9 Å². The molecule has 116 valence electrons. The van der Waals surface area contributed by atoms with Crippen molar-refractivity contribution in [2.24, 2.45) is 4.99 Å². The van der Waals surface area contributed by atoms with Crippen molar-refractivity contribution < 1.29 is 4.79 Å². The number of nitrogens with one attached hydrogen (secondary N) is 2. The van der Waals surface area contributed by atoms with Crippen molar-refractivity contribution >= 4 is 23.2 Å². The van der Waals surface area contributed by atoms with Crippen molar-refractivity contribution in [1.29, 1.82) is 0 Å². The molecule has 0 aromatic carbocycles. The van der Waals surface area contributed by atoms with E-state index in [9.17, 15) is 4.79 Å². The molecule has 6 nitrogen and oxygen atoms in total. The van der Waals surface area contributed by atoms with E-state index in [1.807, 2.05) is 24.1 Å². The van der Waals surface area contributed by atoms with Crippen LogP contribution in [0.4, 0.5) is 0 Å². The first-order valence-electron chi connectivity index (χ1n) is 7.28. The van der Waals surface area contributed by atoms with Crippen molar-refractivity contribution in [2.75, 3.05) is 20.1 Å². The highest BCUT2D eigenvalue weighted by Crippen LogP contribution is 2.11. The minimum absolute atomic E-state index is 0.223. The number of aryl methyl sites for hydroxylation is 1. The molecule has 1 aromatic rings. The third-order valence-electron chi connectivity index (χ3n) is 3.48. The van der Waals surface area contributed by atoms with Crippen LogP contribution in [0.2, 0.25) is 0 Å². The fraction of sp³-hybridized carbons (Fsp3) is 0.643. The molecule has 21 heavy (non-hydrogen) atoms. The number of thiazole rings is 1. The number of nitrogens with zero attached hydrogens (tertiary/aromatic N) is 3. The van der Waals surface area contributed by atoms with Crippen LogP contribution in [0.25, 0.3) is 0 Å². The fourth-order valence-electron chi connectivity index (χ4n) is 2.36. The number of carbonyl (C=O) groups is 1. The van der Waals surface area contributed by atoms with Crippen LogP contribution in [-0.2, 0) is 11.3 Å². The van der Waals surface area contributed by atoms with Crippen molar-refractivity contribution in [3.8, 4) is 0 Å². The average Bonchev–Trinajstić information content (AvgIpc) is 3.11. The quantitative estimate of drug-likeness (QED) is 0.646. The lowest BCUT2D eigenvalue weighted by molar-refractivity contribution is -0.129. The molecular weight excluding hydrogens is 286 g/mol. The number of rotatable bonds is 4. The van der Waals surface area contributed by atoms with Crippen LogP contribution in [0.15, 0.2) is 10.4 Å². The zero-order valence-electron chi connectivity index (χ0n) is 12.8. The van der Waals surface area contributed by atoms with E-state index in [2.05, 4.69) is 20.6 Å². The van der Waals surface area contributed by atoms with Gasteiger partial charge in [0.15, 0.2) is 5.96 Å². The first-order chi connectivity index (χ1) is 10.1. The Balaban J connectivity index is 1.79. The van der Waals surface area contributed by atoms with E-state index in [4.69, 9.17) is 0 Å². The Kier molecular flexibility index (Phi) is 5.55. The van der Waals surface area contributed by atoms with Gasteiger partial charge in [0.05, 0.1) is 6.54 Å². The predicted octanol–water partition coefficient (Wildman–Crippen LogP) is 1.13. The van der Waals surface area contributed by atoms with E-state index in [1.54, 1.807) is 18.4 Å². The van der Waals surface area contributed by atoms with Gasteiger partial charge in [-0.15, -0.1) is 11.3 Å². The van der Waals surface area contributed by atoms with Crippen LogP contribution in [0, 0.1) is 6.92 Å². The summed E-state index contributed by atoms with van der Waals surface area (Å²) >= 11 is 1.64. The fourth-order valence-corrected chi connectivity index (χ4v) is 3.07. The highest BCUT2D eigenvalue weighted by atomic mass is 32.1. The number of aromatic nitrogens is 1. The Hall–Kier alpha value is -1.63. The molecule has 0 bridgehead atoms. The molecule has 1 unspecified atom stereocenters. The van der Waals surface area contributed by atoms with Crippen LogP contribution in [0.3, 0.4) is 0 Å². The van der Waals surface area contributed by atoms with Gasteiger partial charge in [-0.05, 0) is 13.3 Å². The summed E-state index contributed by atoms with van der Waals surface area (Å²) in [6, 6.07) is 0.268. The summed E-state index contributed by atoms with van der Waals surface area (Å²) in [5, 5.41) is 9.73. The molecule has 1 amide bonds. The minimum atomic E-state index is 0.223. The molecule has 1 aromatic heterocycles. The van der Waals surface area contributed by atoms with Gasteiger partial charge in [-0.3, -0.25) is 9.79 Å². The second-order valence-electron chi connectivity index (χ2n) is 5.13. The largest absolute Gasteiger partial charge is 0.352 e. The molecule has 2 heterocycles. The van der Waals surface area contributed by atoms with Gasteiger partial charge in [0.2, 0.25) is 5.91 Å². The maximum absolute atomic E-state index is 11.7. The SMILES string of the molecule is CCC(=O)N1CCC(NC(=NC)NCc2nc(C)cs2)C1. The van der Waals surface area contributed by atoms with Gasteiger partial charge in [-0.2, -0.15) is 0 Å². The zero-order chi connectivity index (χ0) is 15.2. The molecule has 1 atom stereocenters. The molecule has 1 aliphatic heterocycles. The lowest BCUT2D eigenvalue weighted by atomic mass is 10.3. The van der Waals surface area contributed by atoms with E-state index in [0.29, 0.717) is 13.0 Å². The number of guanidine groups is 1. The van der Waals surface area contributed by atoms with E-state index >= 15 is 0 Å². The molecule has 1 saturated heterocycles. The number of carbonyl (C=O) groups excluding carboxylic acids is 1. The van der Waals surface area contributed by atoms with Crippen molar-refractivity contribution in [1.82, 2.24) is 20.5 Å². The van der Waals surface area contributed by atoms with Crippen LogP contribution >= 0.6 is 11.3 Å². The van der Waals surface area contributed by atoms with Crippen molar-refractivity contribution in [3.63, 3.8) is 0 Å². The zero-order valence-corrected chi connectivity index (χ0v) is 13.7. The summed E-state index contributed by atoms with van der Waals surface area (Å²) in [6.45, 7) is 6.14. The Morgan fingerprint density at radius 2 is 2.43 bits per heavy atom. The first-order valence-corrected chi connectivity index (χ1v) is 8.16. The monoisotopic (exact) mass is 309 g/mol. The van der Waals surface area contributed by atoms with Crippen LogP contribution in [0.1, 0.15) is 30.5 Å². The standard InChI is InChI=1S/C14H23N5OS/c1-4-13(20)19-6-5-11(8-19)18-14(15-3)16-7-12-17-10(2)9-21-12/h9,11H,4-8H2,1-3H3,(H2,15,16,18). The molecule has 2 rings (SSSR count). The highest BCUT2D eigenvalue weighted by Gasteiger charge is 2.25. The third-order valence-corrected chi connectivity index (χ3v) is 4.45. The summed E-state index contributed by atoms with van der Waals surface area (Å²) in [7, 11) is 1.76. The number of amides is 1. The second-order valence-corrected chi connectivity index (χ2v) is 6.07. The topological polar surface area (TPSA) is 69.6 Å². The minimum Gasteiger partial charge on any atom is -0.352 e. The molecule has 0 saturated carbocycles. The van der Waals surface area contributed by atoms with E-state index in [1.165, 1.54) is 0 Å². The summed E-state index contributed by atoms with van der Waals surface area (Å²) in [5.41, 5.74) is 1.05. The molecule has 0 radical (unpaired) electrons. The smallest absolute Gasteiger partial charge is 0.222 e. The van der Waals surface area contributed by atoms with Crippen molar-refractivity contribution in [3.05, 3.63) is 16.1 Å². The van der Waals surface area contributed by atoms with Gasteiger partial charge in [0.1, 0.15) is 5.01 Å². The Labute approximate surface area is 129 Å². The molecule has 2 N–H and O–H groups in total. The van der Waals surface area contributed by atoms with E-state index < -0.39 is 0 Å². The molecule has 1 aliphatic rings. The highest BCUT2D eigenvalue weighted by molar-refractivity contribution is 7.09. The third kappa shape index (κ3) is 4.42. The summed E-state index contributed by atoms with van der Waals surface area (Å²) in [6.07, 6.45) is 1.53. The molecule has 7 heteroatoms. The van der Waals surface area contributed by atoms with Crippen molar-refractivity contribution in [2.45, 2.75) is 39.3 Å². The molecular formula is C14H23N5OS. The van der Waals surface area contributed by atoms with Gasteiger partial charge in [-0.25, -0.2) is 4.98 Å². The van der Waals surface area contributed by atoms with Crippen LogP contribution in [-0.4, -0.2) is 47.9 Å². The van der Waals surface area contributed by atoms with Gasteiger partial charge < -0.3 is 15.5 Å². The Bertz CT molecular complexity index is 513. The predicted molar refractivity (Wildman–Crippen MR) is 85.5 cm³/mol. The normalized spacial score (nSPS) is 18.9. The lowest BCUT2D eigenvalue weighted by Gasteiger charge is -2.18. The first kappa shape index (κ1) is 15.8. The number of hydrogen-bond acceptors (Lipinski definition) is 4. The van der Waals surface area contributed by atoms with Crippen LogP contribution in [0.5, 0.6) is 0 Å². The maximum atomic E-state index is 11.7. The number of aliphatic imine (C=N–C) groups is 1. The van der Waals surface area contributed by atoms with Gasteiger partial charge in [0.25, 0.3) is 0 Å². The van der Waals surface area contributed by atoms with Gasteiger partial charge in [-0.1, -0.05) is 6.92 Å². The maximum Gasteiger partial charge on any atom is 0.222 e. The van der Waals surface area contributed by atoms with Crippen LogP contribution < -0.4 is 10.6 Å². The summed E-state index contributed by atoms with van der Waals surface area (Å²) in [5.74, 6) is 0.985. The molecule has 1 fully saturated rings. The second kappa shape index (κ2) is 7.40.